The lowest BCUT2D eigenvalue weighted by Crippen LogP contribution is -2.41. The number of fused-ring (bicyclic) bond motifs is 1. The Kier molecular flexibility index (Phi) is 4.77. The molecule has 2 aromatic rings. The number of rotatable bonds is 2. The van der Waals surface area contributed by atoms with Gasteiger partial charge < -0.3 is 15.2 Å². The van der Waals surface area contributed by atoms with E-state index in [4.69, 9.17) is 18.0 Å². The molecule has 2 heterocycles. The molecule has 0 aliphatic carbocycles. The van der Waals surface area contributed by atoms with Crippen molar-refractivity contribution in [1.29, 1.82) is 0 Å². The third-order valence-electron chi connectivity index (χ3n) is 4.08. The molecule has 1 aromatic heterocycles. The number of thiocarbonyl (C=S) groups is 1. The second-order valence-electron chi connectivity index (χ2n) is 5.90. The van der Waals surface area contributed by atoms with Crippen LogP contribution in [0.15, 0.2) is 23.2 Å². The van der Waals surface area contributed by atoms with Gasteiger partial charge in [0.15, 0.2) is 28.3 Å². The SMILES string of the molecule is CC(N)=NC(=S)c1nnc2n1CCN(C(=O)c1ccc(F)c(F)c1)[C@@H]2C. The summed E-state index contributed by atoms with van der Waals surface area (Å²) in [7, 11) is 0. The molecule has 0 saturated heterocycles. The molecule has 0 bridgehead atoms. The summed E-state index contributed by atoms with van der Waals surface area (Å²) in [6.07, 6.45) is 0. The van der Waals surface area contributed by atoms with Crippen molar-refractivity contribution >= 4 is 28.9 Å². The Morgan fingerprint density at radius 3 is 2.69 bits per heavy atom. The van der Waals surface area contributed by atoms with Crippen LogP contribution in [0.5, 0.6) is 0 Å². The van der Waals surface area contributed by atoms with Crippen LogP contribution >= 0.6 is 12.2 Å². The van der Waals surface area contributed by atoms with Gasteiger partial charge in [-0.1, -0.05) is 12.2 Å². The van der Waals surface area contributed by atoms with Gasteiger partial charge in [0.1, 0.15) is 0 Å². The molecule has 2 N–H and O–H groups in total. The minimum absolute atomic E-state index is 0.0721. The van der Waals surface area contributed by atoms with Crippen LogP contribution in [-0.2, 0) is 6.54 Å². The minimum atomic E-state index is -1.06. The zero-order valence-corrected chi connectivity index (χ0v) is 14.9. The lowest BCUT2D eigenvalue weighted by atomic mass is 10.1. The summed E-state index contributed by atoms with van der Waals surface area (Å²) < 4.78 is 28.3. The van der Waals surface area contributed by atoms with E-state index in [0.29, 0.717) is 30.6 Å². The van der Waals surface area contributed by atoms with Crippen LogP contribution in [0.3, 0.4) is 0 Å². The average molecular weight is 378 g/mol. The van der Waals surface area contributed by atoms with Crippen molar-refractivity contribution in [2.45, 2.75) is 26.4 Å². The molecule has 0 radical (unpaired) electrons. The minimum Gasteiger partial charge on any atom is -0.387 e. The summed E-state index contributed by atoms with van der Waals surface area (Å²) in [5, 5.41) is 8.17. The highest BCUT2D eigenvalue weighted by molar-refractivity contribution is 7.80. The van der Waals surface area contributed by atoms with E-state index >= 15 is 0 Å². The number of aromatic nitrogens is 3. The number of nitrogens with two attached hydrogens (primary N) is 1. The number of aliphatic imine (C=N–C) groups is 1. The quantitative estimate of drug-likeness (QED) is 0.489. The van der Waals surface area contributed by atoms with Gasteiger partial charge in [-0.25, -0.2) is 13.8 Å². The lowest BCUT2D eigenvalue weighted by molar-refractivity contribution is 0.0637. The number of amides is 1. The number of amidine groups is 1. The predicted molar refractivity (Wildman–Crippen MR) is 94.8 cm³/mol. The first kappa shape index (κ1) is 18.1. The van der Waals surface area contributed by atoms with E-state index in [2.05, 4.69) is 15.2 Å². The van der Waals surface area contributed by atoms with Crippen molar-refractivity contribution in [2.75, 3.05) is 6.54 Å². The summed E-state index contributed by atoms with van der Waals surface area (Å²) in [6, 6.07) is 2.66. The summed E-state index contributed by atoms with van der Waals surface area (Å²) in [6.45, 7) is 4.13. The Hall–Kier alpha value is -2.75. The molecule has 1 atom stereocenters. The van der Waals surface area contributed by atoms with E-state index < -0.39 is 23.6 Å². The van der Waals surface area contributed by atoms with Crippen LogP contribution in [0.1, 0.15) is 41.9 Å². The highest BCUT2D eigenvalue weighted by Gasteiger charge is 2.32. The van der Waals surface area contributed by atoms with Gasteiger partial charge in [0.2, 0.25) is 0 Å². The Morgan fingerprint density at radius 1 is 1.31 bits per heavy atom. The number of hydrogen-bond acceptors (Lipinski definition) is 4. The Balaban J connectivity index is 1.88. The number of nitrogens with zero attached hydrogens (tertiary/aromatic N) is 5. The molecular weight excluding hydrogens is 362 g/mol. The smallest absolute Gasteiger partial charge is 0.254 e. The number of benzene rings is 1. The summed E-state index contributed by atoms with van der Waals surface area (Å²) >= 11 is 5.21. The van der Waals surface area contributed by atoms with Crippen LogP contribution < -0.4 is 5.73 Å². The fourth-order valence-electron chi connectivity index (χ4n) is 2.83. The largest absolute Gasteiger partial charge is 0.387 e. The maximum absolute atomic E-state index is 13.4. The molecule has 10 heteroatoms. The zero-order chi connectivity index (χ0) is 19.0. The fourth-order valence-corrected chi connectivity index (χ4v) is 3.12. The van der Waals surface area contributed by atoms with Crippen molar-refractivity contribution in [3.63, 3.8) is 0 Å². The van der Waals surface area contributed by atoms with E-state index in [1.54, 1.807) is 18.4 Å². The number of carbonyl (C=O) groups excluding carboxylic acids is 1. The Bertz CT molecular complexity index is 921. The van der Waals surface area contributed by atoms with Crippen molar-refractivity contribution < 1.29 is 13.6 Å². The first-order chi connectivity index (χ1) is 12.3. The molecule has 1 aliphatic rings. The van der Waals surface area contributed by atoms with Crippen LogP contribution in [-0.4, -0.2) is 42.9 Å². The van der Waals surface area contributed by atoms with Gasteiger partial charge in [-0.3, -0.25) is 4.79 Å². The van der Waals surface area contributed by atoms with E-state index in [-0.39, 0.29) is 10.6 Å². The summed E-state index contributed by atoms with van der Waals surface area (Å²) in [5.41, 5.74) is 5.62. The number of hydrogen-bond donors (Lipinski definition) is 1. The maximum atomic E-state index is 13.4. The molecule has 1 aliphatic heterocycles. The van der Waals surface area contributed by atoms with E-state index in [1.807, 2.05) is 0 Å². The van der Waals surface area contributed by atoms with Crippen LogP contribution in [0.2, 0.25) is 0 Å². The predicted octanol–water partition coefficient (Wildman–Crippen LogP) is 1.83. The van der Waals surface area contributed by atoms with Crippen molar-refractivity contribution in [3.05, 3.63) is 47.0 Å². The molecule has 1 aromatic carbocycles. The third-order valence-corrected chi connectivity index (χ3v) is 4.36. The van der Waals surface area contributed by atoms with E-state index in [1.165, 1.54) is 11.0 Å². The van der Waals surface area contributed by atoms with E-state index in [0.717, 1.165) is 12.1 Å². The molecule has 0 spiro atoms. The van der Waals surface area contributed by atoms with Crippen molar-refractivity contribution in [2.24, 2.45) is 10.7 Å². The van der Waals surface area contributed by atoms with Gasteiger partial charge in [0.05, 0.1) is 11.9 Å². The Labute approximate surface area is 153 Å². The molecular formula is C16H16F2N6OS. The normalized spacial score (nSPS) is 17.2. The maximum Gasteiger partial charge on any atom is 0.254 e. The number of carbonyl (C=O) groups is 1. The highest BCUT2D eigenvalue weighted by atomic mass is 32.1. The molecule has 0 saturated carbocycles. The number of halogens is 2. The fraction of sp³-hybridized carbons (Fsp3) is 0.312. The third kappa shape index (κ3) is 3.19. The lowest BCUT2D eigenvalue weighted by Gasteiger charge is -2.33. The molecule has 7 nitrogen and oxygen atoms in total. The van der Waals surface area contributed by atoms with Gasteiger partial charge in [0, 0.05) is 18.7 Å². The molecule has 136 valence electrons. The molecule has 26 heavy (non-hydrogen) atoms. The molecule has 3 rings (SSSR count). The van der Waals surface area contributed by atoms with Crippen molar-refractivity contribution in [1.82, 2.24) is 19.7 Å². The standard InChI is InChI=1S/C16H16F2N6OS/c1-8-13-21-22-14(15(26)20-9(2)19)24(13)6-5-23(8)16(25)10-3-4-11(17)12(18)7-10/h3-4,7-8H,5-6H2,1-2H3,(H2,19,20,26)/t8-/m1/s1. The van der Waals surface area contributed by atoms with Gasteiger partial charge in [-0.05, 0) is 32.0 Å². The average Bonchev–Trinajstić information content (AvgIpc) is 3.01. The van der Waals surface area contributed by atoms with Gasteiger partial charge in [-0.15, -0.1) is 10.2 Å². The zero-order valence-electron chi connectivity index (χ0n) is 14.1. The molecule has 0 fully saturated rings. The highest BCUT2D eigenvalue weighted by Crippen LogP contribution is 2.26. The van der Waals surface area contributed by atoms with Gasteiger partial charge in [-0.2, -0.15) is 0 Å². The van der Waals surface area contributed by atoms with Gasteiger partial charge in [0.25, 0.3) is 5.91 Å². The van der Waals surface area contributed by atoms with Crippen LogP contribution in [0.4, 0.5) is 8.78 Å². The molecule has 0 unspecified atom stereocenters. The monoisotopic (exact) mass is 378 g/mol. The second kappa shape index (κ2) is 6.87. The Morgan fingerprint density at radius 2 is 2.04 bits per heavy atom. The van der Waals surface area contributed by atoms with Gasteiger partial charge >= 0.3 is 0 Å². The molecule has 1 amide bonds. The summed E-state index contributed by atoms with van der Waals surface area (Å²) in [4.78, 5) is 18.4. The van der Waals surface area contributed by atoms with E-state index in [9.17, 15) is 13.6 Å². The summed E-state index contributed by atoms with van der Waals surface area (Å²) in [5.74, 6) is -1.22. The first-order valence-corrected chi connectivity index (χ1v) is 8.24. The first-order valence-electron chi connectivity index (χ1n) is 7.83. The topological polar surface area (TPSA) is 89.4 Å². The second-order valence-corrected chi connectivity index (χ2v) is 6.28. The van der Waals surface area contributed by atoms with Crippen molar-refractivity contribution in [3.8, 4) is 0 Å². The van der Waals surface area contributed by atoms with Crippen LogP contribution in [0, 0.1) is 11.6 Å². The van der Waals surface area contributed by atoms with Crippen LogP contribution in [0.25, 0.3) is 0 Å².